The highest BCUT2D eigenvalue weighted by atomic mass is 32.1. The van der Waals surface area contributed by atoms with E-state index in [2.05, 4.69) is 42.5 Å². The molecular weight excluding hydrogens is 320 g/mol. The van der Waals surface area contributed by atoms with Crippen molar-refractivity contribution in [2.45, 2.75) is 6.54 Å². The van der Waals surface area contributed by atoms with Gasteiger partial charge in [0.05, 0.1) is 0 Å². The predicted molar refractivity (Wildman–Crippen MR) is 105 cm³/mol. The van der Waals surface area contributed by atoms with Gasteiger partial charge in [-0.05, 0) is 35.9 Å². The van der Waals surface area contributed by atoms with Crippen LogP contribution in [-0.2, 0) is 6.54 Å². The van der Waals surface area contributed by atoms with Gasteiger partial charge in [-0.1, -0.05) is 18.2 Å². The van der Waals surface area contributed by atoms with Crippen LogP contribution in [0.5, 0.6) is 0 Å². The van der Waals surface area contributed by atoms with Gasteiger partial charge in [-0.15, -0.1) is 22.7 Å². The number of hydrogen-bond donors (Lipinski definition) is 2. The zero-order chi connectivity index (χ0) is 15.6. The third-order valence-electron chi connectivity index (χ3n) is 4.39. The Kier molecular flexibility index (Phi) is 2.71. The summed E-state index contributed by atoms with van der Waals surface area (Å²) < 4.78 is 5.22. The van der Waals surface area contributed by atoms with Crippen molar-refractivity contribution in [3.05, 3.63) is 54.1 Å². The van der Waals surface area contributed by atoms with Crippen LogP contribution in [0.2, 0.25) is 0 Å². The maximum absolute atomic E-state index is 5.93. The summed E-state index contributed by atoms with van der Waals surface area (Å²) in [5, 5.41) is 5.27. The Balaban J connectivity index is 1.91. The number of thiophene rings is 2. The largest absolute Gasteiger partial charge is 0.399 e. The van der Waals surface area contributed by atoms with Gasteiger partial charge in [-0.3, -0.25) is 0 Å². The van der Waals surface area contributed by atoms with Gasteiger partial charge >= 0.3 is 0 Å². The number of rotatable bonds is 1. The molecule has 0 atom stereocenters. The molecule has 0 unspecified atom stereocenters. The van der Waals surface area contributed by atoms with Crippen LogP contribution < -0.4 is 11.5 Å². The van der Waals surface area contributed by atoms with Crippen molar-refractivity contribution in [3.63, 3.8) is 0 Å². The van der Waals surface area contributed by atoms with Crippen molar-refractivity contribution in [2.24, 2.45) is 5.73 Å². The third kappa shape index (κ3) is 1.89. The molecule has 112 valence electrons. The maximum atomic E-state index is 5.93. The first-order valence-electron chi connectivity index (χ1n) is 7.50. The number of nitrogen functional groups attached to an aromatic ring is 1. The molecule has 4 N–H and O–H groups in total. The quantitative estimate of drug-likeness (QED) is 0.400. The second-order valence-electron chi connectivity index (χ2n) is 5.84. The molecule has 2 nitrogen and oxygen atoms in total. The number of nitrogens with two attached hydrogens (primary N) is 2. The minimum absolute atomic E-state index is 0.589. The Bertz CT molecular complexity index is 1210. The monoisotopic (exact) mass is 334 g/mol. The zero-order valence-electron chi connectivity index (χ0n) is 12.3. The van der Waals surface area contributed by atoms with E-state index in [0.717, 1.165) is 5.69 Å². The van der Waals surface area contributed by atoms with Gasteiger partial charge in [0.25, 0.3) is 0 Å². The summed E-state index contributed by atoms with van der Waals surface area (Å²) >= 11 is 3.66. The fourth-order valence-corrected chi connectivity index (χ4v) is 5.60. The van der Waals surface area contributed by atoms with Gasteiger partial charge in [0.15, 0.2) is 0 Å². The van der Waals surface area contributed by atoms with Crippen LogP contribution >= 0.6 is 22.7 Å². The number of benzene rings is 3. The fraction of sp³-hybridized carbons (Fsp3) is 0.0526. The summed E-state index contributed by atoms with van der Waals surface area (Å²) in [6, 6.07) is 17.4. The van der Waals surface area contributed by atoms with Crippen molar-refractivity contribution in [2.75, 3.05) is 5.73 Å². The van der Waals surface area contributed by atoms with Crippen LogP contribution in [0.1, 0.15) is 5.56 Å². The van der Waals surface area contributed by atoms with Crippen LogP contribution in [0.3, 0.4) is 0 Å². The molecule has 0 saturated heterocycles. The number of anilines is 1. The molecule has 0 aliphatic rings. The van der Waals surface area contributed by atoms with Gasteiger partial charge in [0, 0.05) is 52.6 Å². The van der Waals surface area contributed by atoms with E-state index in [1.54, 1.807) is 0 Å². The van der Waals surface area contributed by atoms with Gasteiger partial charge < -0.3 is 11.5 Å². The van der Waals surface area contributed by atoms with Gasteiger partial charge in [-0.25, -0.2) is 0 Å². The molecule has 0 bridgehead atoms. The maximum Gasteiger partial charge on any atom is 0.0375 e. The Hall–Kier alpha value is -2.14. The first-order valence-corrected chi connectivity index (χ1v) is 9.13. The Labute approximate surface area is 140 Å². The molecular formula is C19H14N2S2. The standard InChI is InChI=1S/C19H14N2S2/c20-9-10-1-3-12-14-7-19-15(8-18(14)22-16(12)5-10)13-4-2-11(21)6-17(13)23-19/h1-8H,9,20-21H2. The van der Waals surface area contributed by atoms with Gasteiger partial charge in [-0.2, -0.15) is 0 Å². The van der Waals surface area contributed by atoms with Crippen molar-refractivity contribution in [3.8, 4) is 0 Å². The Morgan fingerprint density at radius 3 is 1.87 bits per heavy atom. The van der Waals surface area contributed by atoms with Crippen molar-refractivity contribution in [1.29, 1.82) is 0 Å². The fourth-order valence-electron chi connectivity index (χ4n) is 3.23. The lowest BCUT2D eigenvalue weighted by molar-refractivity contribution is 1.08. The summed E-state index contributed by atoms with van der Waals surface area (Å²) in [6.45, 7) is 0.589. The van der Waals surface area contributed by atoms with E-state index in [1.807, 2.05) is 28.7 Å². The minimum atomic E-state index is 0.589. The molecule has 4 heteroatoms. The average Bonchev–Trinajstić information content (AvgIpc) is 3.08. The van der Waals surface area contributed by atoms with Crippen molar-refractivity contribution >= 4 is 68.7 Å². The molecule has 0 radical (unpaired) electrons. The molecule has 5 rings (SSSR count). The molecule has 2 heterocycles. The molecule has 0 aliphatic carbocycles. The van der Waals surface area contributed by atoms with Crippen LogP contribution in [0.15, 0.2) is 48.5 Å². The lowest BCUT2D eigenvalue weighted by atomic mass is 10.1. The molecule has 0 saturated carbocycles. The van der Waals surface area contributed by atoms with Crippen LogP contribution in [0.4, 0.5) is 5.69 Å². The summed E-state index contributed by atoms with van der Waals surface area (Å²) in [6.07, 6.45) is 0. The lowest BCUT2D eigenvalue weighted by Crippen LogP contribution is -1.94. The number of fused-ring (bicyclic) bond motifs is 6. The molecule has 0 aliphatic heterocycles. The normalized spacial score (nSPS) is 12.0. The van der Waals surface area contributed by atoms with E-state index in [0.29, 0.717) is 6.54 Å². The van der Waals surface area contributed by atoms with Crippen molar-refractivity contribution < 1.29 is 0 Å². The second-order valence-corrected chi connectivity index (χ2v) is 8.01. The first kappa shape index (κ1) is 13.3. The van der Waals surface area contributed by atoms with Gasteiger partial charge in [0.1, 0.15) is 0 Å². The smallest absolute Gasteiger partial charge is 0.0375 e. The van der Waals surface area contributed by atoms with E-state index in [9.17, 15) is 0 Å². The average molecular weight is 334 g/mol. The predicted octanol–water partition coefficient (Wildman–Crippen LogP) is 5.46. The summed E-state index contributed by atoms with van der Waals surface area (Å²) in [4.78, 5) is 0. The Morgan fingerprint density at radius 2 is 1.22 bits per heavy atom. The SMILES string of the molecule is NCc1ccc2c(c1)sc1cc3c(cc12)sc1cc(N)ccc13. The van der Waals surface area contributed by atoms with E-state index < -0.39 is 0 Å². The van der Waals surface area contributed by atoms with E-state index in [-0.39, 0.29) is 0 Å². The van der Waals surface area contributed by atoms with E-state index >= 15 is 0 Å². The first-order chi connectivity index (χ1) is 11.2. The summed E-state index contributed by atoms with van der Waals surface area (Å²) in [5.74, 6) is 0. The lowest BCUT2D eigenvalue weighted by Gasteiger charge is -1.96. The molecule has 0 spiro atoms. The molecule has 23 heavy (non-hydrogen) atoms. The molecule has 0 fully saturated rings. The van der Waals surface area contributed by atoms with Crippen molar-refractivity contribution in [1.82, 2.24) is 0 Å². The highest BCUT2D eigenvalue weighted by molar-refractivity contribution is 7.27. The molecule has 5 aromatic rings. The topological polar surface area (TPSA) is 52.0 Å². The summed E-state index contributed by atoms with van der Waals surface area (Å²) in [5.41, 5.74) is 13.7. The number of hydrogen-bond acceptors (Lipinski definition) is 4. The zero-order valence-corrected chi connectivity index (χ0v) is 13.9. The van der Waals surface area contributed by atoms with Gasteiger partial charge in [0.2, 0.25) is 0 Å². The second kappa shape index (κ2) is 4.68. The molecule has 3 aromatic carbocycles. The van der Waals surface area contributed by atoms with Crippen LogP contribution in [0.25, 0.3) is 40.3 Å². The van der Waals surface area contributed by atoms with Crippen LogP contribution in [-0.4, -0.2) is 0 Å². The van der Waals surface area contributed by atoms with Crippen LogP contribution in [0, 0.1) is 0 Å². The Morgan fingerprint density at radius 1 is 0.652 bits per heavy atom. The van der Waals surface area contributed by atoms with E-state index in [4.69, 9.17) is 11.5 Å². The molecule has 2 aromatic heterocycles. The minimum Gasteiger partial charge on any atom is -0.399 e. The third-order valence-corrected chi connectivity index (χ3v) is 6.62. The van der Waals surface area contributed by atoms with E-state index in [1.165, 1.54) is 45.9 Å². The highest BCUT2D eigenvalue weighted by Gasteiger charge is 2.11. The summed E-state index contributed by atoms with van der Waals surface area (Å²) in [7, 11) is 0. The molecule has 0 amide bonds. The highest BCUT2D eigenvalue weighted by Crippen LogP contribution is 2.42.